The van der Waals surface area contributed by atoms with Crippen molar-refractivity contribution >= 4 is 40.2 Å². The molecule has 4 atom stereocenters. The lowest BCUT2D eigenvalue weighted by atomic mass is 10.0. The van der Waals surface area contributed by atoms with Crippen LogP contribution in [0.25, 0.3) is 17.0 Å². The van der Waals surface area contributed by atoms with Crippen molar-refractivity contribution in [3.63, 3.8) is 0 Å². The van der Waals surface area contributed by atoms with E-state index in [4.69, 9.17) is 17.3 Å². The minimum atomic E-state index is -0.837. The monoisotopic (exact) mass is 437 g/mol. The number of halogens is 1. The predicted octanol–water partition coefficient (Wildman–Crippen LogP) is 2.76. The van der Waals surface area contributed by atoms with E-state index in [9.17, 15) is 10.2 Å². The van der Waals surface area contributed by atoms with Gasteiger partial charge in [0.05, 0.1) is 22.7 Å². The van der Waals surface area contributed by atoms with Crippen molar-refractivity contribution in [1.29, 1.82) is 0 Å². The van der Waals surface area contributed by atoms with Crippen LogP contribution in [0.4, 0.5) is 11.6 Å². The van der Waals surface area contributed by atoms with Crippen molar-refractivity contribution in [1.82, 2.24) is 15.0 Å². The lowest BCUT2D eigenvalue weighted by Gasteiger charge is -2.28. The van der Waals surface area contributed by atoms with Gasteiger partial charge in [0.15, 0.2) is 0 Å². The van der Waals surface area contributed by atoms with Gasteiger partial charge in [-0.1, -0.05) is 35.9 Å². The summed E-state index contributed by atoms with van der Waals surface area (Å²) < 4.78 is 0. The first-order valence-corrected chi connectivity index (χ1v) is 10.8. The van der Waals surface area contributed by atoms with Crippen molar-refractivity contribution in [2.24, 2.45) is 5.92 Å². The van der Waals surface area contributed by atoms with Crippen LogP contribution in [0.1, 0.15) is 23.2 Å². The summed E-state index contributed by atoms with van der Waals surface area (Å²) in [6.07, 6.45) is 5.33. The Balaban J connectivity index is 1.36. The lowest BCUT2D eigenvalue weighted by molar-refractivity contribution is 0.0229. The fourth-order valence-electron chi connectivity index (χ4n) is 4.74. The summed E-state index contributed by atoms with van der Waals surface area (Å²) in [5, 5.41) is 22.8. The molecule has 1 aliphatic carbocycles. The number of hydrogen-bond acceptors (Lipinski definition) is 7. The molecule has 1 aromatic carbocycles. The molecule has 160 valence electrons. The average molecular weight is 438 g/mol. The number of rotatable bonds is 3. The molecule has 0 radical (unpaired) electrons. The molecular formula is C23H24ClN5O2. The molecular weight excluding hydrogens is 414 g/mol. The second-order valence-corrected chi connectivity index (χ2v) is 8.73. The summed E-state index contributed by atoms with van der Waals surface area (Å²) in [6, 6.07) is 7.47. The van der Waals surface area contributed by atoms with Gasteiger partial charge in [-0.05, 0) is 37.5 Å². The maximum Gasteiger partial charge on any atom is 0.142 e. The highest BCUT2D eigenvalue weighted by Gasteiger charge is 2.45. The summed E-state index contributed by atoms with van der Waals surface area (Å²) >= 11 is 6.05. The Kier molecular flexibility index (Phi) is 5.04. The molecule has 1 saturated carbocycles. The van der Waals surface area contributed by atoms with Crippen LogP contribution >= 0.6 is 11.6 Å². The Morgan fingerprint density at radius 2 is 2.03 bits per heavy atom. The van der Waals surface area contributed by atoms with Crippen molar-refractivity contribution in [2.75, 3.05) is 17.2 Å². The van der Waals surface area contributed by atoms with Gasteiger partial charge >= 0.3 is 0 Å². The van der Waals surface area contributed by atoms with E-state index in [1.54, 1.807) is 12.4 Å². The van der Waals surface area contributed by atoms with E-state index in [1.165, 1.54) is 0 Å². The van der Waals surface area contributed by atoms with E-state index in [0.29, 0.717) is 17.3 Å². The number of nitrogens with zero attached hydrogens (tertiary/aromatic N) is 4. The average Bonchev–Trinajstić information content (AvgIpc) is 3.30. The highest BCUT2D eigenvalue weighted by molar-refractivity contribution is 6.33. The minimum Gasteiger partial charge on any atom is -0.390 e. The van der Waals surface area contributed by atoms with E-state index in [1.807, 2.05) is 37.3 Å². The van der Waals surface area contributed by atoms with Gasteiger partial charge in [-0.3, -0.25) is 0 Å². The van der Waals surface area contributed by atoms with Gasteiger partial charge in [-0.15, -0.1) is 0 Å². The van der Waals surface area contributed by atoms with Crippen LogP contribution in [0.15, 0.2) is 36.7 Å². The van der Waals surface area contributed by atoms with E-state index in [0.717, 1.165) is 46.5 Å². The first-order valence-electron chi connectivity index (χ1n) is 10.4. The summed E-state index contributed by atoms with van der Waals surface area (Å²) in [6.45, 7) is 2.76. The van der Waals surface area contributed by atoms with Crippen molar-refractivity contribution in [2.45, 2.75) is 38.0 Å². The van der Waals surface area contributed by atoms with Crippen LogP contribution < -0.4 is 10.6 Å². The molecule has 0 bridgehead atoms. The van der Waals surface area contributed by atoms with Crippen LogP contribution in [0, 0.1) is 12.8 Å². The number of aliphatic hydroxyl groups excluding tert-OH is 2. The zero-order valence-corrected chi connectivity index (χ0v) is 17.9. The van der Waals surface area contributed by atoms with E-state index in [2.05, 4.69) is 19.9 Å². The number of benzene rings is 1. The number of fused-ring (bicyclic) bond motifs is 2. The quantitative estimate of drug-likeness (QED) is 0.578. The molecule has 7 nitrogen and oxygen atoms in total. The van der Waals surface area contributed by atoms with E-state index >= 15 is 0 Å². The number of nitrogens with two attached hydrogens (primary N) is 1. The highest BCUT2D eigenvalue weighted by atomic mass is 35.5. The van der Waals surface area contributed by atoms with Gasteiger partial charge in [0, 0.05) is 29.1 Å². The topological polar surface area (TPSA) is 108 Å². The smallest absolute Gasteiger partial charge is 0.142 e. The molecule has 3 unspecified atom stereocenters. The van der Waals surface area contributed by atoms with Gasteiger partial charge in [-0.25, -0.2) is 15.0 Å². The number of anilines is 2. The number of hydrogen-bond donors (Lipinski definition) is 3. The van der Waals surface area contributed by atoms with Gasteiger partial charge in [0.25, 0.3) is 0 Å². The van der Waals surface area contributed by atoms with Crippen molar-refractivity contribution in [3.05, 3.63) is 58.5 Å². The molecule has 4 N–H and O–H groups in total. The molecule has 31 heavy (non-hydrogen) atoms. The van der Waals surface area contributed by atoms with Crippen LogP contribution in [0.5, 0.6) is 0 Å². The predicted molar refractivity (Wildman–Crippen MR) is 122 cm³/mol. The largest absolute Gasteiger partial charge is 0.390 e. The molecule has 5 rings (SSSR count). The molecule has 1 fully saturated rings. The SMILES string of the molecule is Cc1ncnc2c1CCN2C1CC(/C=C/c2ccc3cc(Cl)c(N)nc3c2)C(O)[C@@H]1O. The van der Waals surface area contributed by atoms with Crippen LogP contribution in [0.3, 0.4) is 0 Å². The zero-order chi connectivity index (χ0) is 21.7. The molecule has 0 amide bonds. The third-order valence-electron chi connectivity index (χ3n) is 6.47. The molecule has 2 aliphatic rings. The van der Waals surface area contributed by atoms with Crippen LogP contribution in [0.2, 0.25) is 5.02 Å². The number of aliphatic hydroxyl groups is 2. The third-order valence-corrected chi connectivity index (χ3v) is 6.77. The maximum absolute atomic E-state index is 10.8. The summed E-state index contributed by atoms with van der Waals surface area (Å²) in [5.41, 5.74) is 9.64. The molecule has 0 spiro atoms. The Morgan fingerprint density at radius 3 is 2.87 bits per heavy atom. The Morgan fingerprint density at radius 1 is 1.19 bits per heavy atom. The number of aryl methyl sites for hydroxylation is 1. The summed E-state index contributed by atoms with van der Waals surface area (Å²) in [7, 11) is 0. The lowest BCUT2D eigenvalue weighted by Crippen LogP contribution is -2.43. The van der Waals surface area contributed by atoms with Gasteiger partial charge in [0.1, 0.15) is 24.1 Å². The maximum atomic E-state index is 10.8. The molecule has 2 aromatic heterocycles. The van der Waals surface area contributed by atoms with Crippen LogP contribution in [-0.4, -0.2) is 50.0 Å². The Hall–Kier alpha value is -2.74. The summed E-state index contributed by atoms with van der Waals surface area (Å²) in [4.78, 5) is 15.2. The number of nitrogen functional groups attached to an aromatic ring is 1. The van der Waals surface area contributed by atoms with E-state index < -0.39 is 12.2 Å². The molecule has 8 heteroatoms. The normalized spacial score (nSPS) is 25.6. The summed E-state index contributed by atoms with van der Waals surface area (Å²) in [5.74, 6) is 1.02. The zero-order valence-electron chi connectivity index (χ0n) is 17.1. The van der Waals surface area contributed by atoms with Crippen LogP contribution in [-0.2, 0) is 6.42 Å². The number of pyridine rings is 1. The molecule has 1 aliphatic heterocycles. The van der Waals surface area contributed by atoms with Gasteiger partial charge in [-0.2, -0.15) is 0 Å². The number of aromatic nitrogens is 3. The third kappa shape index (κ3) is 3.52. The standard InChI is InChI=1S/C23H24ClN5O2/c1-12-16-6-7-29(23(16)27-11-26-12)19-10-15(20(30)21(19)31)5-3-13-2-4-14-9-17(24)22(25)28-18(14)8-13/h2-5,8-9,11,15,19-21,30-31H,6-7,10H2,1H3,(H2,25,28)/b5-3+/t15?,19?,20?,21-/m1/s1. The first kappa shape index (κ1) is 20.2. The second kappa shape index (κ2) is 7.75. The molecule has 0 saturated heterocycles. The Bertz CT molecular complexity index is 1180. The first-order chi connectivity index (χ1) is 14.9. The second-order valence-electron chi connectivity index (χ2n) is 8.32. The van der Waals surface area contributed by atoms with Crippen molar-refractivity contribution < 1.29 is 10.2 Å². The van der Waals surface area contributed by atoms with Crippen molar-refractivity contribution in [3.8, 4) is 0 Å². The minimum absolute atomic E-state index is 0.161. The van der Waals surface area contributed by atoms with Gasteiger partial charge < -0.3 is 20.8 Å². The van der Waals surface area contributed by atoms with Gasteiger partial charge in [0.2, 0.25) is 0 Å². The fraction of sp³-hybridized carbons (Fsp3) is 0.348. The Labute approximate surface area is 185 Å². The molecule has 3 aromatic rings. The fourth-order valence-corrected chi connectivity index (χ4v) is 4.90. The van der Waals surface area contributed by atoms with E-state index in [-0.39, 0.29) is 12.0 Å². The highest BCUT2D eigenvalue weighted by Crippen LogP contribution is 2.38. The molecule has 3 heterocycles.